The molecular weight excluding hydrogens is 543 g/mol. The smallest absolute Gasteiger partial charge is 0.242 e. The molecular formula is C30H33FN6O3S. The van der Waals surface area contributed by atoms with Crippen molar-refractivity contribution in [2.24, 2.45) is 5.92 Å². The molecule has 0 fully saturated rings. The van der Waals surface area contributed by atoms with Gasteiger partial charge >= 0.3 is 0 Å². The van der Waals surface area contributed by atoms with E-state index in [1.165, 1.54) is 23.9 Å². The minimum atomic E-state index is -0.608. The molecule has 0 saturated carbocycles. The fourth-order valence-electron chi connectivity index (χ4n) is 3.92. The highest BCUT2D eigenvalue weighted by Crippen LogP contribution is 2.28. The number of halogens is 1. The van der Waals surface area contributed by atoms with Crippen molar-refractivity contribution in [1.82, 2.24) is 20.3 Å². The molecule has 4 rings (SSSR count). The summed E-state index contributed by atoms with van der Waals surface area (Å²) in [6.07, 6.45) is 0.545. The first-order valence-electron chi connectivity index (χ1n) is 13.1. The first kappa shape index (κ1) is 29.6. The number of hydrogen-bond acceptors (Lipinski definition) is 9. The zero-order valence-electron chi connectivity index (χ0n) is 23.3. The number of nitrogens with one attached hydrogen (secondary N) is 3. The van der Waals surface area contributed by atoms with Crippen molar-refractivity contribution < 1.29 is 18.7 Å². The van der Waals surface area contributed by atoms with Crippen LogP contribution in [0.1, 0.15) is 25.8 Å². The van der Waals surface area contributed by atoms with E-state index in [1.54, 1.807) is 26.4 Å². The summed E-state index contributed by atoms with van der Waals surface area (Å²) in [5, 5.41) is 9.64. The van der Waals surface area contributed by atoms with Crippen molar-refractivity contribution in [3.05, 3.63) is 84.2 Å². The number of rotatable bonds is 13. The number of carbonyl (C=O) groups is 1. The van der Waals surface area contributed by atoms with E-state index in [0.29, 0.717) is 23.8 Å². The molecule has 0 saturated heterocycles. The fraction of sp³-hybridized carbons (Fsp3) is 0.267. The summed E-state index contributed by atoms with van der Waals surface area (Å²) in [4.78, 5) is 27.8. The van der Waals surface area contributed by atoms with Crippen molar-refractivity contribution in [2.75, 3.05) is 24.9 Å². The second kappa shape index (κ2) is 14.3. The first-order chi connectivity index (χ1) is 19.8. The van der Waals surface area contributed by atoms with Gasteiger partial charge < -0.3 is 25.4 Å². The van der Waals surface area contributed by atoms with Crippen LogP contribution in [0, 0.1) is 11.7 Å². The highest BCUT2D eigenvalue weighted by molar-refractivity contribution is 7.99. The molecule has 4 aromatic rings. The second-order valence-electron chi connectivity index (χ2n) is 9.57. The third kappa shape index (κ3) is 9.07. The minimum absolute atomic E-state index is 0.189. The summed E-state index contributed by atoms with van der Waals surface area (Å²) in [6, 6.07) is 20.4. The molecule has 214 valence electrons. The Labute approximate surface area is 243 Å². The van der Waals surface area contributed by atoms with Crippen LogP contribution < -0.4 is 25.4 Å². The topological polar surface area (TPSA) is 110 Å². The predicted octanol–water partition coefficient (Wildman–Crippen LogP) is 6.07. The maximum Gasteiger partial charge on any atom is 0.242 e. The van der Waals surface area contributed by atoms with E-state index in [4.69, 9.17) is 9.47 Å². The van der Waals surface area contributed by atoms with Gasteiger partial charge in [-0.05, 0) is 84.3 Å². The van der Waals surface area contributed by atoms with Crippen LogP contribution in [0.5, 0.6) is 11.5 Å². The summed E-state index contributed by atoms with van der Waals surface area (Å²) in [7, 11) is 3.21. The molecule has 1 aromatic heterocycles. The van der Waals surface area contributed by atoms with E-state index in [0.717, 1.165) is 22.0 Å². The van der Waals surface area contributed by atoms with Crippen LogP contribution in [-0.4, -0.2) is 41.1 Å². The van der Waals surface area contributed by atoms with Crippen LogP contribution in [0.25, 0.3) is 0 Å². The van der Waals surface area contributed by atoms with Gasteiger partial charge in [0.1, 0.15) is 23.4 Å². The molecule has 11 heteroatoms. The van der Waals surface area contributed by atoms with Gasteiger partial charge in [-0.3, -0.25) is 4.79 Å². The lowest BCUT2D eigenvalue weighted by atomic mass is 10.0. The lowest BCUT2D eigenvalue weighted by Gasteiger charge is -2.21. The number of carbonyl (C=O) groups excluding carboxylic acids is 1. The molecule has 0 aliphatic heterocycles. The molecule has 0 aliphatic rings. The van der Waals surface area contributed by atoms with Crippen molar-refractivity contribution in [3.8, 4) is 11.5 Å². The van der Waals surface area contributed by atoms with Crippen molar-refractivity contribution >= 4 is 35.3 Å². The molecule has 1 atom stereocenters. The number of aromatic nitrogens is 3. The lowest BCUT2D eigenvalue weighted by molar-refractivity contribution is -0.122. The Kier molecular flexibility index (Phi) is 10.3. The Morgan fingerprint density at radius 1 is 0.902 bits per heavy atom. The van der Waals surface area contributed by atoms with Crippen molar-refractivity contribution in [1.29, 1.82) is 0 Å². The SMILES string of the molecule is COc1ccc(Sc2nc(Nc3cccc(F)c3)nc(N[C@@H](CC(C)C)C(=O)NCc3cccc(OC)c3)n2)cc1. The average molecular weight is 577 g/mol. The van der Waals surface area contributed by atoms with Gasteiger partial charge in [0.25, 0.3) is 0 Å². The van der Waals surface area contributed by atoms with Crippen LogP contribution in [0.15, 0.2) is 82.8 Å². The number of amides is 1. The van der Waals surface area contributed by atoms with Crippen molar-refractivity contribution in [2.45, 2.75) is 42.9 Å². The summed E-state index contributed by atoms with van der Waals surface area (Å²) in [5.74, 6) is 1.53. The molecule has 0 aliphatic carbocycles. The molecule has 41 heavy (non-hydrogen) atoms. The molecule has 1 heterocycles. The van der Waals surface area contributed by atoms with Crippen LogP contribution in [-0.2, 0) is 11.3 Å². The minimum Gasteiger partial charge on any atom is -0.497 e. The summed E-state index contributed by atoms with van der Waals surface area (Å²) >= 11 is 1.32. The number of anilines is 3. The Hall–Kier alpha value is -4.38. The van der Waals surface area contributed by atoms with Crippen LogP contribution in [0.2, 0.25) is 0 Å². The van der Waals surface area contributed by atoms with Gasteiger partial charge in [-0.15, -0.1) is 0 Å². The summed E-state index contributed by atoms with van der Waals surface area (Å²) < 4.78 is 24.4. The molecule has 0 radical (unpaired) electrons. The van der Waals surface area contributed by atoms with Gasteiger partial charge in [0.05, 0.1) is 14.2 Å². The van der Waals surface area contributed by atoms with Gasteiger partial charge in [0, 0.05) is 17.1 Å². The Balaban J connectivity index is 1.57. The van der Waals surface area contributed by atoms with Crippen LogP contribution >= 0.6 is 11.8 Å². The highest BCUT2D eigenvalue weighted by Gasteiger charge is 2.22. The van der Waals surface area contributed by atoms with Gasteiger partial charge in [-0.1, -0.05) is 32.0 Å². The summed E-state index contributed by atoms with van der Waals surface area (Å²) in [5.41, 5.74) is 1.40. The summed E-state index contributed by atoms with van der Waals surface area (Å²) in [6.45, 7) is 4.42. The number of hydrogen-bond donors (Lipinski definition) is 3. The Morgan fingerprint density at radius 3 is 2.34 bits per heavy atom. The van der Waals surface area contributed by atoms with Gasteiger partial charge in [0.15, 0.2) is 5.16 Å². The number of ether oxygens (including phenoxy) is 2. The molecule has 1 amide bonds. The van der Waals surface area contributed by atoms with Gasteiger partial charge in [-0.25, -0.2) is 4.39 Å². The quantitative estimate of drug-likeness (QED) is 0.175. The fourth-order valence-corrected chi connectivity index (χ4v) is 4.67. The number of benzene rings is 3. The molecule has 0 spiro atoms. The van der Waals surface area contributed by atoms with E-state index in [9.17, 15) is 9.18 Å². The van der Waals surface area contributed by atoms with Crippen LogP contribution in [0.4, 0.5) is 22.0 Å². The zero-order valence-corrected chi connectivity index (χ0v) is 24.2. The first-order valence-corrected chi connectivity index (χ1v) is 13.9. The molecule has 0 unspecified atom stereocenters. The maximum atomic E-state index is 13.8. The van der Waals surface area contributed by atoms with Crippen molar-refractivity contribution in [3.63, 3.8) is 0 Å². The molecule has 3 aromatic carbocycles. The Bertz CT molecular complexity index is 1450. The largest absolute Gasteiger partial charge is 0.497 e. The average Bonchev–Trinajstić information content (AvgIpc) is 2.96. The Morgan fingerprint density at radius 2 is 1.63 bits per heavy atom. The van der Waals surface area contributed by atoms with Gasteiger partial charge in [0.2, 0.25) is 17.8 Å². The third-order valence-electron chi connectivity index (χ3n) is 5.89. The second-order valence-corrected chi connectivity index (χ2v) is 10.6. The third-order valence-corrected chi connectivity index (χ3v) is 6.77. The van der Waals surface area contributed by atoms with Crippen LogP contribution in [0.3, 0.4) is 0 Å². The molecule has 9 nitrogen and oxygen atoms in total. The highest BCUT2D eigenvalue weighted by atomic mass is 32.2. The monoisotopic (exact) mass is 576 g/mol. The standard InChI is InChI=1S/C30H33FN6O3S/c1-19(2)15-26(27(38)32-18-20-7-5-10-24(16-20)40-4)34-29-35-28(33-22-9-6-8-21(31)17-22)36-30(37-29)41-25-13-11-23(39-3)12-14-25/h5-14,16-17,19,26H,15,18H2,1-4H3,(H,32,38)(H2,33,34,35,36,37)/t26-/m0/s1. The lowest BCUT2D eigenvalue weighted by Crippen LogP contribution is -2.40. The number of methoxy groups -OCH3 is 2. The van der Waals surface area contributed by atoms with E-state index >= 15 is 0 Å². The molecule has 0 bridgehead atoms. The van der Waals surface area contributed by atoms with E-state index in [2.05, 4.69) is 30.9 Å². The maximum absolute atomic E-state index is 13.8. The predicted molar refractivity (Wildman–Crippen MR) is 158 cm³/mol. The van der Waals surface area contributed by atoms with E-state index in [1.807, 2.05) is 62.4 Å². The number of nitrogens with zero attached hydrogens (tertiary/aromatic N) is 3. The van der Waals surface area contributed by atoms with Gasteiger partial charge in [-0.2, -0.15) is 15.0 Å². The molecule has 3 N–H and O–H groups in total. The van der Waals surface area contributed by atoms with E-state index in [-0.39, 0.29) is 29.5 Å². The van der Waals surface area contributed by atoms with E-state index < -0.39 is 6.04 Å². The normalized spacial score (nSPS) is 11.6. The zero-order chi connectivity index (χ0) is 29.2.